The maximum Gasteiger partial charge on any atom is 0.387 e. The lowest BCUT2D eigenvalue weighted by molar-refractivity contribution is -0.133. The van der Waals surface area contributed by atoms with Gasteiger partial charge in [0, 0.05) is 19.8 Å². The number of ether oxygens (including phenoxy) is 1. The van der Waals surface area contributed by atoms with Gasteiger partial charge in [-0.3, -0.25) is 14.5 Å². The van der Waals surface area contributed by atoms with Crippen LogP contribution in [0, 0.1) is 0 Å². The van der Waals surface area contributed by atoms with Gasteiger partial charge in [-0.25, -0.2) is 0 Å². The normalized spacial score (nSPS) is 17.6. The van der Waals surface area contributed by atoms with Gasteiger partial charge in [-0.1, -0.05) is 11.6 Å². The zero-order valence-electron chi connectivity index (χ0n) is 14.0. The van der Waals surface area contributed by atoms with E-state index >= 15 is 0 Å². The Morgan fingerprint density at radius 2 is 2.16 bits per heavy atom. The van der Waals surface area contributed by atoms with Crippen LogP contribution < -0.4 is 10.1 Å². The van der Waals surface area contributed by atoms with E-state index in [-0.39, 0.29) is 35.2 Å². The molecule has 1 aromatic rings. The molecule has 0 aliphatic carbocycles. The number of likely N-dealkylation sites (N-methyl/N-ethyl adjacent to an activating group) is 1. The molecule has 1 aliphatic rings. The lowest BCUT2D eigenvalue weighted by atomic mass is 10.2. The second-order valence-corrected chi connectivity index (χ2v) is 6.34. The number of hydrogen-bond acceptors (Lipinski definition) is 4. The van der Waals surface area contributed by atoms with Crippen LogP contribution in [0.15, 0.2) is 18.2 Å². The highest BCUT2D eigenvalue weighted by Crippen LogP contribution is 2.29. The van der Waals surface area contributed by atoms with Crippen molar-refractivity contribution in [1.29, 1.82) is 0 Å². The topological polar surface area (TPSA) is 61.9 Å². The van der Waals surface area contributed by atoms with E-state index in [1.165, 1.54) is 23.1 Å². The molecule has 0 spiro atoms. The number of carbonyl (C=O) groups excluding carboxylic acids is 2. The largest absolute Gasteiger partial charge is 0.433 e. The summed E-state index contributed by atoms with van der Waals surface area (Å²) in [7, 11) is 3.37. The van der Waals surface area contributed by atoms with E-state index < -0.39 is 6.61 Å². The van der Waals surface area contributed by atoms with E-state index in [2.05, 4.69) is 10.1 Å². The van der Waals surface area contributed by atoms with E-state index in [1.54, 1.807) is 14.1 Å². The van der Waals surface area contributed by atoms with Gasteiger partial charge in [-0.15, -0.1) is 0 Å². The molecule has 1 fully saturated rings. The quantitative estimate of drug-likeness (QED) is 0.829. The molecule has 2 amide bonds. The predicted octanol–water partition coefficient (Wildman–Crippen LogP) is 2.43. The maximum absolute atomic E-state index is 12.2. The minimum atomic E-state index is -2.97. The minimum absolute atomic E-state index is 0.0261. The first kappa shape index (κ1) is 19.4. The smallest absolute Gasteiger partial charge is 0.387 e. The van der Waals surface area contributed by atoms with Gasteiger partial charge >= 0.3 is 6.61 Å². The summed E-state index contributed by atoms with van der Waals surface area (Å²) in [5, 5.41) is 2.62. The number of alkyl halides is 2. The predicted molar refractivity (Wildman–Crippen MR) is 90.0 cm³/mol. The number of halogens is 3. The van der Waals surface area contributed by atoms with Crippen molar-refractivity contribution in [2.75, 3.05) is 32.5 Å². The fraction of sp³-hybridized carbons (Fsp3) is 0.500. The van der Waals surface area contributed by atoms with Crippen LogP contribution in [-0.4, -0.2) is 61.5 Å². The summed E-state index contributed by atoms with van der Waals surface area (Å²) in [5.41, 5.74) is 0.367. The number of hydrogen-bond donors (Lipinski definition) is 1. The molecule has 1 unspecified atom stereocenters. The van der Waals surface area contributed by atoms with Crippen LogP contribution in [0.5, 0.6) is 5.75 Å². The monoisotopic (exact) mass is 375 g/mol. The molecule has 0 bridgehead atoms. The second-order valence-electron chi connectivity index (χ2n) is 5.93. The van der Waals surface area contributed by atoms with Gasteiger partial charge in [0.25, 0.3) is 0 Å². The first-order valence-corrected chi connectivity index (χ1v) is 8.15. The maximum atomic E-state index is 12.2. The Labute approximate surface area is 149 Å². The molecule has 0 saturated carbocycles. The van der Waals surface area contributed by atoms with E-state index in [0.29, 0.717) is 12.2 Å². The molecule has 138 valence electrons. The molecule has 9 heteroatoms. The van der Waals surface area contributed by atoms with Crippen LogP contribution in [0.2, 0.25) is 5.02 Å². The highest BCUT2D eigenvalue weighted by Gasteiger charge is 2.32. The third-order valence-electron chi connectivity index (χ3n) is 3.87. The van der Waals surface area contributed by atoms with Crippen LogP contribution in [0.4, 0.5) is 14.5 Å². The highest BCUT2D eigenvalue weighted by atomic mass is 35.5. The van der Waals surface area contributed by atoms with Gasteiger partial charge in [-0.2, -0.15) is 8.78 Å². The van der Waals surface area contributed by atoms with Crippen LogP contribution in [0.1, 0.15) is 12.8 Å². The summed E-state index contributed by atoms with van der Waals surface area (Å²) in [6.45, 7) is -2.24. The van der Waals surface area contributed by atoms with E-state index in [4.69, 9.17) is 11.6 Å². The molecular weight excluding hydrogens is 356 g/mol. The van der Waals surface area contributed by atoms with Crippen LogP contribution in [0.25, 0.3) is 0 Å². The molecule has 0 radical (unpaired) electrons. The van der Waals surface area contributed by atoms with Gasteiger partial charge in [0.05, 0.1) is 17.6 Å². The summed E-state index contributed by atoms with van der Waals surface area (Å²) < 4.78 is 28.7. The molecule has 1 heterocycles. The first-order valence-electron chi connectivity index (χ1n) is 7.77. The van der Waals surface area contributed by atoms with Crippen LogP contribution in [0.3, 0.4) is 0 Å². The fourth-order valence-electron chi connectivity index (χ4n) is 2.75. The molecule has 1 aromatic carbocycles. The third kappa shape index (κ3) is 5.27. The molecule has 1 saturated heterocycles. The number of likely N-dealkylation sites (tertiary alicyclic amines) is 1. The molecule has 25 heavy (non-hydrogen) atoms. The summed E-state index contributed by atoms with van der Waals surface area (Å²) in [5.74, 6) is -0.496. The van der Waals surface area contributed by atoms with Crippen LogP contribution in [-0.2, 0) is 9.59 Å². The molecule has 1 atom stereocenters. The minimum Gasteiger partial charge on any atom is -0.433 e. The number of benzene rings is 1. The number of amides is 2. The Hall–Kier alpha value is -1.93. The second kappa shape index (κ2) is 8.44. The van der Waals surface area contributed by atoms with E-state index in [0.717, 1.165) is 12.8 Å². The standard InChI is InChI=1S/C16H20ClF2N3O3/c1-21(2)15(24)12-4-3-7-22(12)9-14(23)20-10-5-6-13(11(17)8-10)25-16(18)19/h5-6,8,12,16H,3-4,7,9H2,1-2H3,(H,20,23). The van der Waals surface area contributed by atoms with Gasteiger partial charge in [0.1, 0.15) is 5.75 Å². The summed E-state index contributed by atoms with van der Waals surface area (Å²) in [4.78, 5) is 27.7. The van der Waals surface area contributed by atoms with Crippen molar-refractivity contribution in [1.82, 2.24) is 9.80 Å². The number of anilines is 1. The van der Waals surface area contributed by atoms with Crippen molar-refractivity contribution in [3.05, 3.63) is 23.2 Å². The fourth-order valence-corrected chi connectivity index (χ4v) is 2.97. The SMILES string of the molecule is CN(C)C(=O)C1CCCN1CC(=O)Nc1ccc(OC(F)F)c(Cl)c1. The van der Waals surface area contributed by atoms with E-state index in [9.17, 15) is 18.4 Å². The average molecular weight is 376 g/mol. The summed E-state index contributed by atoms with van der Waals surface area (Å²) in [6.07, 6.45) is 1.57. The molecule has 2 rings (SSSR count). The Morgan fingerprint density at radius 3 is 2.76 bits per heavy atom. The summed E-state index contributed by atoms with van der Waals surface area (Å²) >= 11 is 5.86. The number of nitrogens with one attached hydrogen (secondary N) is 1. The van der Waals surface area contributed by atoms with Crippen molar-refractivity contribution in [3.63, 3.8) is 0 Å². The van der Waals surface area contributed by atoms with Crippen molar-refractivity contribution in [2.24, 2.45) is 0 Å². The van der Waals surface area contributed by atoms with Crippen molar-refractivity contribution in [3.8, 4) is 5.75 Å². The number of rotatable bonds is 6. The lowest BCUT2D eigenvalue weighted by Gasteiger charge is -2.25. The van der Waals surface area contributed by atoms with Gasteiger partial charge in [-0.05, 0) is 37.6 Å². The Bertz CT molecular complexity index is 643. The lowest BCUT2D eigenvalue weighted by Crippen LogP contribution is -2.45. The van der Waals surface area contributed by atoms with Crippen molar-refractivity contribution >= 4 is 29.1 Å². The molecule has 1 aliphatic heterocycles. The number of carbonyl (C=O) groups is 2. The molecule has 1 N–H and O–H groups in total. The molecular formula is C16H20ClF2N3O3. The Balaban J connectivity index is 1.96. The Kier molecular flexibility index (Phi) is 6.55. The average Bonchev–Trinajstić information content (AvgIpc) is 2.96. The Morgan fingerprint density at radius 1 is 1.44 bits per heavy atom. The van der Waals surface area contributed by atoms with Gasteiger partial charge < -0.3 is 15.0 Å². The first-order chi connectivity index (χ1) is 11.8. The zero-order valence-corrected chi connectivity index (χ0v) is 14.7. The van der Waals surface area contributed by atoms with Gasteiger partial charge in [0.15, 0.2) is 0 Å². The zero-order chi connectivity index (χ0) is 18.6. The molecule has 0 aromatic heterocycles. The highest BCUT2D eigenvalue weighted by molar-refractivity contribution is 6.32. The number of nitrogens with zero attached hydrogens (tertiary/aromatic N) is 2. The van der Waals surface area contributed by atoms with Gasteiger partial charge in [0.2, 0.25) is 11.8 Å². The van der Waals surface area contributed by atoms with E-state index in [1.807, 2.05) is 4.90 Å². The van der Waals surface area contributed by atoms with Crippen LogP contribution >= 0.6 is 11.6 Å². The summed E-state index contributed by atoms with van der Waals surface area (Å²) in [6, 6.07) is 3.72. The third-order valence-corrected chi connectivity index (χ3v) is 4.16. The molecule has 6 nitrogen and oxygen atoms in total. The van der Waals surface area contributed by atoms with Crippen molar-refractivity contribution < 1.29 is 23.1 Å². The van der Waals surface area contributed by atoms with Crippen molar-refractivity contribution in [2.45, 2.75) is 25.5 Å².